The normalized spacial score (nSPS) is 16.9. The number of urea groups is 1. The maximum Gasteiger partial charge on any atom is 0.317 e. The molecule has 1 fully saturated rings. The van der Waals surface area contributed by atoms with E-state index in [0.717, 1.165) is 43.6 Å². The molecule has 146 valence electrons. The third-order valence-electron chi connectivity index (χ3n) is 5.34. The summed E-state index contributed by atoms with van der Waals surface area (Å²) in [5, 5.41) is 7.43. The summed E-state index contributed by atoms with van der Waals surface area (Å²) in [5.74, 6) is 0. The molecular formula is C21H26N6O. The minimum atomic E-state index is 0.0191. The molecule has 1 unspecified atom stereocenters. The SMILES string of the molecule is O=C(NCc1ccccc1-n1cccn1)N1CCCCC1CCn1ccnc1. The lowest BCUT2D eigenvalue weighted by molar-refractivity contribution is 0.143. The number of imidazole rings is 1. The van der Waals surface area contributed by atoms with Crippen LogP contribution in [0.1, 0.15) is 31.2 Å². The quantitative estimate of drug-likeness (QED) is 0.716. The Kier molecular flexibility index (Phi) is 5.70. The zero-order valence-electron chi connectivity index (χ0n) is 15.9. The van der Waals surface area contributed by atoms with E-state index >= 15 is 0 Å². The van der Waals surface area contributed by atoms with Crippen molar-refractivity contribution in [3.63, 3.8) is 0 Å². The molecule has 1 aliphatic heterocycles. The van der Waals surface area contributed by atoms with Crippen molar-refractivity contribution in [2.45, 2.75) is 44.8 Å². The standard InChI is InChI=1S/C21H26N6O/c28-21(23-16-18-6-1-2-8-20(18)27-13-5-10-24-27)26-12-4-3-7-19(26)9-14-25-15-11-22-17-25/h1-2,5-6,8,10-11,13,15,17,19H,3-4,7,9,12,14,16H2,(H,23,28). The van der Waals surface area contributed by atoms with Crippen LogP contribution in [0.2, 0.25) is 0 Å². The van der Waals surface area contributed by atoms with Crippen LogP contribution in [0.3, 0.4) is 0 Å². The van der Waals surface area contributed by atoms with Gasteiger partial charge in [-0.25, -0.2) is 14.5 Å². The van der Waals surface area contributed by atoms with E-state index in [1.807, 2.05) is 58.6 Å². The molecule has 3 heterocycles. The average Bonchev–Trinajstić information content (AvgIpc) is 3.45. The van der Waals surface area contributed by atoms with Crippen molar-refractivity contribution in [3.05, 3.63) is 67.0 Å². The molecule has 1 saturated heterocycles. The summed E-state index contributed by atoms with van der Waals surface area (Å²) in [6.45, 7) is 2.19. The Balaban J connectivity index is 1.38. The van der Waals surface area contributed by atoms with Crippen LogP contribution >= 0.6 is 0 Å². The van der Waals surface area contributed by atoms with E-state index < -0.39 is 0 Å². The number of hydrogen-bond donors (Lipinski definition) is 1. The van der Waals surface area contributed by atoms with Gasteiger partial charge in [0.1, 0.15) is 0 Å². The molecule has 7 heteroatoms. The van der Waals surface area contributed by atoms with E-state index in [0.29, 0.717) is 6.54 Å². The molecule has 7 nitrogen and oxygen atoms in total. The molecule has 0 radical (unpaired) electrons. The molecule has 3 aromatic rings. The van der Waals surface area contributed by atoms with Crippen molar-refractivity contribution in [2.75, 3.05) is 6.54 Å². The fraction of sp³-hybridized carbons (Fsp3) is 0.381. The highest BCUT2D eigenvalue weighted by Gasteiger charge is 2.26. The lowest BCUT2D eigenvalue weighted by Gasteiger charge is -2.36. The number of piperidine rings is 1. The van der Waals surface area contributed by atoms with Crippen molar-refractivity contribution < 1.29 is 4.79 Å². The third-order valence-corrected chi connectivity index (χ3v) is 5.34. The van der Waals surface area contributed by atoms with Crippen LogP contribution in [0.15, 0.2) is 61.4 Å². The van der Waals surface area contributed by atoms with Crippen LogP contribution in [-0.4, -0.2) is 42.8 Å². The molecule has 1 aromatic carbocycles. The van der Waals surface area contributed by atoms with Gasteiger partial charge in [0.15, 0.2) is 0 Å². The Morgan fingerprint density at radius 1 is 1.14 bits per heavy atom. The summed E-state index contributed by atoms with van der Waals surface area (Å²) in [6.07, 6.45) is 13.5. The van der Waals surface area contributed by atoms with Gasteiger partial charge in [0.25, 0.3) is 0 Å². The Bertz CT molecular complexity index is 874. The summed E-state index contributed by atoms with van der Waals surface area (Å²) in [6, 6.07) is 10.2. The number of carbonyl (C=O) groups excluding carboxylic acids is 1. The third kappa shape index (κ3) is 4.24. The van der Waals surface area contributed by atoms with Crippen molar-refractivity contribution in [1.29, 1.82) is 0 Å². The molecule has 0 aliphatic carbocycles. The Hall–Kier alpha value is -3.09. The Morgan fingerprint density at radius 2 is 2.07 bits per heavy atom. The van der Waals surface area contributed by atoms with Gasteiger partial charge in [-0.15, -0.1) is 0 Å². The van der Waals surface area contributed by atoms with Gasteiger partial charge in [0, 0.05) is 50.5 Å². The fourth-order valence-electron chi connectivity index (χ4n) is 3.85. The maximum atomic E-state index is 12.9. The van der Waals surface area contributed by atoms with Gasteiger partial charge in [0.05, 0.1) is 12.0 Å². The molecule has 0 spiro atoms. The van der Waals surface area contributed by atoms with Gasteiger partial charge in [-0.3, -0.25) is 0 Å². The maximum absolute atomic E-state index is 12.9. The van der Waals surface area contributed by atoms with Crippen LogP contribution in [0.25, 0.3) is 5.69 Å². The molecule has 2 aromatic heterocycles. The highest BCUT2D eigenvalue weighted by Crippen LogP contribution is 2.21. The first kappa shape index (κ1) is 18.3. The van der Waals surface area contributed by atoms with Gasteiger partial charge in [0.2, 0.25) is 0 Å². The van der Waals surface area contributed by atoms with Crippen LogP contribution in [0.4, 0.5) is 4.79 Å². The van der Waals surface area contributed by atoms with Crippen molar-refractivity contribution in [1.82, 2.24) is 29.5 Å². The summed E-state index contributed by atoms with van der Waals surface area (Å²) < 4.78 is 3.90. The number of benzene rings is 1. The number of rotatable bonds is 6. The second-order valence-electron chi connectivity index (χ2n) is 7.17. The first-order chi connectivity index (χ1) is 13.8. The van der Waals surface area contributed by atoms with Gasteiger partial charge in [-0.1, -0.05) is 18.2 Å². The second-order valence-corrected chi connectivity index (χ2v) is 7.17. The number of hydrogen-bond acceptors (Lipinski definition) is 3. The molecule has 1 N–H and O–H groups in total. The van der Waals surface area contributed by atoms with E-state index in [4.69, 9.17) is 0 Å². The first-order valence-electron chi connectivity index (χ1n) is 9.89. The summed E-state index contributed by atoms with van der Waals surface area (Å²) in [4.78, 5) is 19.0. The van der Waals surface area contributed by atoms with Crippen molar-refractivity contribution in [3.8, 4) is 5.69 Å². The number of nitrogens with one attached hydrogen (secondary N) is 1. The van der Waals surface area contributed by atoms with Crippen molar-refractivity contribution >= 4 is 6.03 Å². The lowest BCUT2D eigenvalue weighted by Crippen LogP contribution is -2.48. The number of aromatic nitrogens is 4. The number of carbonyl (C=O) groups is 1. The topological polar surface area (TPSA) is 68.0 Å². The molecule has 28 heavy (non-hydrogen) atoms. The van der Waals surface area contributed by atoms with Crippen LogP contribution in [0.5, 0.6) is 0 Å². The van der Waals surface area contributed by atoms with Gasteiger partial charge < -0.3 is 14.8 Å². The predicted molar refractivity (Wildman–Crippen MR) is 107 cm³/mol. The molecule has 0 saturated carbocycles. The number of likely N-dealkylation sites (tertiary alicyclic amines) is 1. The summed E-state index contributed by atoms with van der Waals surface area (Å²) in [5.41, 5.74) is 2.04. The molecule has 0 bridgehead atoms. The molecule has 1 aliphatic rings. The average molecular weight is 378 g/mol. The number of nitrogens with zero attached hydrogens (tertiary/aromatic N) is 5. The van der Waals surface area contributed by atoms with E-state index in [-0.39, 0.29) is 12.1 Å². The van der Waals surface area contributed by atoms with Crippen LogP contribution in [0, 0.1) is 0 Å². The Labute approximate surface area is 165 Å². The van der Waals surface area contributed by atoms with E-state index in [9.17, 15) is 4.79 Å². The minimum Gasteiger partial charge on any atom is -0.337 e. The van der Waals surface area contributed by atoms with Crippen LogP contribution in [-0.2, 0) is 13.1 Å². The van der Waals surface area contributed by atoms with Gasteiger partial charge >= 0.3 is 6.03 Å². The monoisotopic (exact) mass is 378 g/mol. The lowest BCUT2D eigenvalue weighted by atomic mass is 9.99. The summed E-state index contributed by atoms with van der Waals surface area (Å²) in [7, 11) is 0. The first-order valence-corrected chi connectivity index (χ1v) is 9.89. The van der Waals surface area contributed by atoms with Crippen molar-refractivity contribution in [2.24, 2.45) is 0 Å². The van der Waals surface area contributed by atoms with Crippen LogP contribution < -0.4 is 5.32 Å². The zero-order valence-corrected chi connectivity index (χ0v) is 15.9. The minimum absolute atomic E-state index is 0.0191. The van der Waals surface area contributed by atoms with E-state index in [2.05, 4.69) is 20.0 Å². The number of para-hydroxylation sites is 1. The highest BCUT2D eigenvalue weighted by atomic mass is 16.2. The van der Waals surface area contributed by atoms with E-state index in [1.54, 1.807) is 12.4 Å². The highest BCUT2D eigenvalue weighted by molar-refractivity contribution is 5.74. The molecule has 4 rings (SSSR count). The van der Waals surface area contributed by atoms with Gasteiger partial charge in [-0.2, -0.15) is 5.10 Å². The largest absolute Gasteiger partial charge is 0.337 e. The number of amides is 2. The van der Waals surface area contributed by atoms with Gasteiger partial charge in [-0.05, 0) is 43.4 Å². The Morgan fingerprint density at radius 3 is 2.89 bits per heavy atom. The molecule has 2 amide bonds. The zero-order chi connectivity index (χ0) is 19.2. The second kappa shape index (κ2) is 8.73. The summed E-state index contributed by atoms with van der Waals surface area (Å²) >= 11 is 0. The number of aryl methyl sites for hydroxylation is 1. The smallest absolute Gasteiger partial charge is 0.317 e. The molecule has 1 atom stereocenters. The van der Waals surface area contributed by atoms with E-state index in [1.165, 1.54) is 6.42 Å². The fourth-order valence-corrected chi connectivity index (χ4v) is 3.85. The predicted octanol–water partition coefficient (Wildman–Crippen LogP) is 3.22. The molecular weight excluding hydrogens is 352 g/mol.